The lowest BCUT2D eigenvalue weighted by atomic mass is 10.0. The topological polar surface area (TPSA) is 38.3 Å². The van der Waals surface area contributed by atoms with E-state index in [0.29, 0.717) is 6.04 Å². The number of rotatable bonds is 7. The van der Waals surface area contributed by atoms with Crippen molar-refractivity contribution in [3.8, 4) is 5.75 Å². The van der Waals surface area contributed by atoms with Crippen LogP contribution in [-0.2, 0) is 17.3 Å². The van der Waals surface area contributed by atoms with Crippen LogP contribution in [0.25, 0.3) is 0 Å². The summed E-state index contributed by atoms with van der Waals surface area (Å²) in [4.78, 5) is 0.877. The molecule has 1 saturated carbocycles. The molecule has 0 aliphatic heterocycles. The third-order valence-electron chi connectivity index (χ3n) is 4.35. The Hall–Kier alpha value is -1.65. The molecule has 2 unspecified atom stereocenters. The van der Waals surface area contributed by atoms with Crippen LogP contribution < -0.4 is 10.1 Å². The van der Waals surface area contributed by atoms with Crippen LogP contribution >= 0.6 is 0 Å². The zero-order valence-corrected chi connectivity index (χ0v) is 14.4. The predicted octanol–water partition coefficient (Wildman–Crippen LogP) is 3.67. The molecule has 3 rings (SSSR count). The SMILES string of the molecule is COc1ccc(C(NCc2ccc(S(C)=O)cc2)C2CC2)cc1. The maximum absolute atomic E-state index is 11.4. The van der Waals surface area contributed by atoms with Gasteiger partial charge in [0.2, 0.25) is 0 Å². The second-order valence-corrected chi connectivity index (χ2v) is 7.45. The maximum Gasteiger partial charge on any atom is 0.118 e. The van der Waals surface area contributed by atoms with Crippen molar-refractivity contribution < 1.29 is 8.95 Å². The lowest BCUT2D eigenvalue weighted by Crippen LogP contribution is -2.22. The molecule has 0 aromatic heterocycles. The average molecular weight is 329 g/mol. The van der Waals surface area contributed by atoms with E-state index in [2.05, 4.69) is 29.6 Å². The Kier molecular flexibility index (Phi) is 5.13. The molecule has 0 bridgehead atoms. The summed E-state index contributed by atoms with van der Waals surface area (Å²) >= 11 is 0. The van der Waals surface area contributed by atoms with Crippen LogP contribution in [-0.4, -0.2) is 17.6 Å². The molecule has 3 nitrogen and oxygen atoms in total. The van der Waals surface area contributed by atoms with Crippen LogP contribution in [0.2, 0.25) is 0 Å². The van der Waals surface area contributed by atoms with E-state index in [1.54, 1.807) is 13.4 Å². The van der Waals surface area contributed by atoms with Gasteiger partial charge in [0, 0.05) is 34.5 Å². The first-order chi connectivity index (χ1) is 11.2. The minimum Gasteiger partial charge on any atom is -0.497 e. The third kappa shape index (κ3) is 4.21. The second-order valence-electron chi connectivity index (χ2n) is 6.07. The number of methoxy groups -OCH3 is 1. The van der Waals surface area contributed by atoms with Gasteiger partial charge in [0.15, 0.2) is 0 Å². The van der Waals surface area contributed by atoms with Crippen LogP contribution in [0.5, 0.6) is 5.75 Å². The first-order valence-corrected chi connectivity index (χ1v) is 9.53. The standard InChI is InChI=1S/C19H23NO2S/c1-22-17-9-7-16(8-10-17)19(15-5-6-15)20-13-14-3-11-18(12-4-14)23(2)21/h3-4,7-12,15,19-20H,5-6,13H2,1-2H3. The summed E-state index contributed by atoms with van der Waals surface area (Å²) in [6, 6.07) is 16.8. The van der Waals surface area contributed by atoms with Gasteiger partial charge < -0.3 is 10.1 Å². The van der Waals surface area contributed by atoms with Gasteiger partial charge in [0.05, 0.1) is 7.11 Å². The molecule has 2 atom stereocenters. The van der Waals surface area contributed by atoms with Crippen molar-refractivity contribution in [1.29, 1.82) is 0 Å². The van der Waals surface area contributed by atoms with Crippen molar-refractivity contribution in [1.82, 2.24) is 5.32 Å². The molecule has 0 saturated heterocycles. The molecule has 2 aromatic carbocycles. The molecule has 1 aliphatic carbocycles. The summed E-state index contributed by atoms with van der Waals surface area (Å²) in [6.45, 7) is 0.823. The largest absolute Gasteiger partial charge is 0.497 e. The van der Waals surface area contributed by atoms with E-state index in [4.69, 9.17) is 4.74 Å². The number of hydrogen-bond acceptors (Lipinski definition) is 3. The smallest absolute Gasteiger partial charge is 0.118 e. The number of hydrogen-bond donors (Lipinski definition) is 1. The summed E-state index contributed by atoms with van der Waals surface area (Å²) in [7, 11) is 0.781. The minimum absolute atomic E-state index is 0.390. The van der Waals surface area contributed by atoms with E-state index in [0.717, 1.165) is 23.1 Å². The van der Waals surface area contributed by atoms with E-state index in [1.165, 1.54) is 24.0 Å². The van der Waals surface area contributed by atoms with Gasteiger partial charge in [-0.3, -0.25) is 4.21 Å². The quantitative estimate of drug-likeness (QED) is 0.842. The van der Waals surface area contributed by atoms with Crippen molar-refractivity contribution in [2.45, 2.75) is 30.3 Å². The summed E-state index contributed by atoms with van der Waals surface area (Å²) in [5.41, 5.74) is 2.54. The van der Waals surface area contributed by atoms with Crippen LogP contribution in [0.4, 0.5) is 0 Å². The number of ether oxygens (including phenoxy) is 1. The van der Waals surface area contributed by atoms with E-state index in [-0.39, 0.29) is 0 Å². The highest BCUT2D eigenvalue weighted by Gasteiger charge is 2.31. The Labute approximate surface area is 140 Å². The molecule has 0 amide bonds. The van der Waals surface area contributed by atoms with Gasteiger partial charge in [-0.15, -0.1) is 0 Å². The Morgan fingerprint density at radius 3 is 2.30 bits per heavy atom. The van der Waals surface area contributed by atoms with Crippen LogP contribution in [0.15, 0.2) is 53.4 Å². The van der Waals surface area contributed by atoms with Crippen molar-refractivity contribution >= 4 is 10.8 Å². The molecule has 4 heteroatoms. The van der Waals surface area contributed by atoms with Gasteiger partial charge >= 0.3 is 0 Å². The van der Waals surface area contributed by atoms with Crippen LogP contribution in [0, 0.1) is 5.92 Å². The maximum atomic E-state index is 11.4. The second kappa shape index (κ2) is 7.28. The summed E-state index contributed by atoms with van der Waals surface area (Å²) in [5, 5.41) is 3.68. The molecule has 0 radical (unpaired) electrons. The molecule has 2 aromatic rings. The highest BCUT2D eigenvalue weighted by Crippen LogP contribution is 2.41. The van der Waals surface area contributed by atoms with Crippen LogP contribution in [0.1, 0.15) is 30.0 Å². The van der Waals surface area contributed by atoms with Crippen molar-refractivity contribution in [3.05, 3.63) is 59.7 Å². The Morgan fingerprint density at radius 1 is 1.13 bits per heavy atom. The van der Waals surface area contributed by atoms with Gasteiger partial charge in [-0.05, 0) is 54.2 Å². The zero-order valence-electron chi connectivity index (χ0n) is 13.6. The molecule has 23 heavy (non-hydrogen) atoms. The summed E-state index contributed by atoms with van der Waals surface area (Å²) in [6.07, 6.45) is 4.29. The fourth-order valence-corrected chi connectivity index (χ4v) is 3.34. The monoisotopic (exact) mass is 329 g/mol. The molecule has 1 aliphatic rings. The summed E-state index contributed by atoms with van der Waals surface area (Å²) < 4.78 is 16.7. The molecule has 0 spiro atoms. The molecular weight excluding hydrogens is 306 g/mol. The van der Waals surface area contributed by atoms with E-state index >= 15 is 0 Å². The van der Waals surface area contributed by atoms with E-state index in [9.17, 15) is 4.21 Å². The zero-order chi connectivity index (χ0) is 16.2. The molecule has 1 fully saturated rings. The molecule has 1 N–H and O–H groups in total. The van der Waals surface area contributed by atoms with E-state index in [1.807, 2.05) is 24.3 Å². The minimum atomic E-state index is -0.913. The van der Waals surface area contributed by atoms with Gasteiger partial charge in [-0.25, -0.2) is 0 Å². The predicted molar refractivity (Wildman–Crippen MR) is 94.1 cm³/mol. The number of benzene rings is 2. The molecule has 0 heterocycles. The Bertz CT molecular complexity index is 663. The van der Waals surface area contributed by atoms with Crippen molar-refractivity contribution in [2.24, 2.45) is 5.92 Å². The van der Waals surface area contributed by atoms with Crippen LogP contribution in [0.3, 0.4) is 0 Å². The normalized spacial score (nSPS) is 16.8. The van der Waals surface area contributed by atoms with E-state index < -0.39 is 10.8 Å². The highest BCUT2D eigenvalue weighted by molar-refractivity contribution is 7.84. The highest BCUT2D eigenvalue weighted by atomic mass is 32.2. The lowest BCUT2D eigenvalue weighted by molar-refractivity contribution is 0.413. The van der Waals surface area contributed by atoms with Gasteiger partial charge in [0.25, 0.3) is 0 Å². The summed E-state index contributed by atoms with van der Waals surface area (Å²) in [5.74, 6) is 1.62. The first kappa shape index (κ1) is 16.2. The van der Waals surface area contributed by atoms with Crippen molar-refractivity contribution in [2.75, 3.05) is 13.4 Å². The Balaban J connectivity index is 1.66. The lowest BCUT2D eigenvalue weighted by Gasteiger charge is -2.19. The fraction of sp³-hybridized carbons (Fsp3) is 0.368. The molecular formula is C19H23NO2S. The average Bonchev–Trinajstić information content (AvgIpc) is 3.41. The van der Waals surface area contributed by atoms with Gasteiger partial charge in [-0.2, -0.15) is 0 Å². The first-order valence-electron chi connectivity index (χ1n) is 7.97. The fourth-order valence-electron chi connectivity index (χ4n) is 2.82. The molecule has 122 valence electrons. The van der Waals surface area contributed by atoms with Crippen molar-refractivity contribution in [3.63, 3.8) is 0 Å². The van der Waals surface area contributed by atoms with Gasteiger partial charge in [0.1, 0.15) is 5.75 Å². The third-order valence-corrected chi connectivity index (χ3v) is 5.29. The van der Waals surface area contributed by atoms with Gasteiger partial charge in [-0.1, -0.05) is 24.3 Å². The Morgan fingerprint density at radius 2 is 1.78 bits per heavy atom. The number of nitrogens with one attached hydrogen (secondary N) is 1.